The highest BCUT2D eigenvalue weighted by molar-refractivity contribution is 9.10. The Morgan fingerprint density at radius 3 is 1.52 bits per heavy atom. The molecule has 2 aromatic rings. The Morgan fingerprint density at radius 2 is 1.15 bits per heavy atom. The van der Waals surface area contributed by atoms with Crippen LogP contribution in [0.2, 0.25) is 0 Å². The molecule has 2 N–H and O–H groups in total. The van der Waals surface area contributed by atoms with Crippen LogP contribution in [0.4, 0.5) is 0 Å². The lowest BCUT2D eigenvalue weighted by Gasteiger charge is -2.35. The van der Waals surface area contributed by atoms with Crippen molar-refractivity contribution in [2.75, 3.05) is 26.2 Å². The van der Waals surface area contributed by atoms with Gasteiger partial charge in [0.15, 0.2) is 0 Å². The molecule has 0 bridgehead atoms. The Morgan fingerprint density at radius 1 is 0.778 bits per heavy atom. The van der Waals surface area contributed by atoms with Gasteiger partial charge in [-0.3, -0.25) is 9.59 Å². The van der Waals surface area contributed by atoms with Gasteiger partial charge in [0.05, 0.1) is 4.90 Å². The van der Waals surface area contributed by atoms with E-state index in [0.717, 1.165) is 4.47 Å². The number of hydrogen-bond acceptors (Lipinski definition) is 4. The molecule has 2 amide bonds. The highest BCUT2D eigenvalue weighted by Gasteiger charge is 2.25. The molecule has 0 aliphatic carbocycles. The van der Waals surface area contributed by atoms with Crippen molar-refractivity contribution in [2.45, 2.75) is 4.90 Å². The zero-order chi connectivity index (χ0) is 19.6. The summed E-state index contributed by atoms with van der Waals surface area (Å²) in [5, 5.41) is 5.06. The molecular weight excluding hydrogens is 434 g/mol. The predicted octanol–water partition coefficient (Wildman–Crippen LogP) is 1.69. The van der Waals surface area contributed by atoms with Crippen LogP contribution in [-0.2, 0) is 10.0 Å². The minimum Gasteiger partial charge on any atom is -0.335 e. The Hall–Kier alpha value is -2.23. The van der Waals surface area contributed by atoms with Crippen molar-refractivity contribution >= 4 is 37.8 Å². The third-order valence-electron chi connectivity index (χ3n) is 4.38. The molecule has 1 saturated heterocycles. The summed E-state index contributed by atoms with van der Waals surface area (Å²) in [7, 11) is -3.79. The molecule has 142 valence electrons. The van der Waals surface area contributed by atoms with Crippen LogP contribution in [0.1, 0.15) is 20.7 Å². The number of carbonyl (C=O) groups excluding carboxylic acids is 2. The van der Waals surface area contributed by atoms with Gasteiger partial charge < -0.3 is 9.80 Å². The maximum absolute atomic E-state index is 12.6. The minimum absolute atomic E-state index is 0.0380. The van der Waals surface area contributed by atoms with Gasteiger partial charge in [-0.05, 0) is 48.5 Å². The molecule has 27 heavy (non-hydrogen) atoms. The monoisotopic (exact) mass is 451 g/mol. The number of nitrogens with zero attached hydrogens (tertiary/aromatic N) is 2. The second-order valence-corrected chi connectivity index (χ2v) is 8.64. The van der Waals surface area contributed by atoms with Crippen LogP contribution in [0, 0.1) is 0 Å². The highest BCUT2D eigenvalue weighted by atomic mass is 79.9. The molecule has 3 rings (SSSR count). The minimum atomic E-state index is -3.79. The second kappa shape index (κ2) is 7.79. The average molecular weight is 452 g/mol. The first kappa shape index (κ1) is 19.5. The van der Waals surface area contributed by atoms with Crippen LogP contribution in [0.15, 0.2) is 57.9 Å². The molecular formula is C18H18BrN3O4S. The quantitative estimate of drug-likeness (QED) is 0.766. The number of rotatable bonds is 3. The summed E-state index contributed by atoms with van der Waals surface area (Å²) in [5.41, 5.74) is 0.992. The van der Waals surface area contributed by atoms with Gasteiger partial charge in [0.1, 0.15) is 0 Å². The summed E-state index contributed by atoms with van der Waals surface area (Å²) < 4.78 is 23.5. The standard InChI is InChI=1S/C18H18BrN3O4S/c19-15-5-1-13(2-6-15)17(23)21-9-11-22(12-10-21)18(24)14-3-7-16(8-4-14)27(20,25)26/h1-8H,9-12H2,(H2,20,25,26). The molecule has 0 radical (unpaired) electrons. The third-order valence-corrected chi connectivity index (χ3v) is 5.83. The molecule has 7 nitrogen and oxygen atoms in total. The maximum atomic E-state index is 12.6. The number of nitrogens with two attached hydrogens (primary N) is 1. The van der Waals surface area contributed by atoms with E-state index < -0.39 is 10.0 Å². The first-order valence-electron chi connectivity index (χ1n) is 8.23. The zero-order valence-corrected chi connectivity index (χ0v) is 16.7. The fraction of sp³-hybridized carbons (Fsp3) is 0.222. The van der Waals surface area contributed by atoms with E-state index in [0.29, 0.717) is 37.3 Å². The molecule has 1 fully saturated rings. The van der Waals surface area contributed by atoms with Crippen LogP contribution >= 0.6 is 15.9 Å². The van der Waals surface area contributed by atoms with Crippen LogP contribution in [0.3, 0.4) is 0 Å². The fourth-order valence-corrected chi connectivity index (χ4v) is 3.64. The molecule has 1 aliphatic rings. The van der Waals surface area contributed by atoms with E-state index in [1.807, 2.05) is 12.1 Å². The number of piperazine rings is 1. The van der Waals surface area contributed by atoms with Crippen molar-refractivity contribution in [2.24, 2.45) is 5.14 Å². The Labute approximate surface area is 165 Å². The molecule has 0 saturated carbocycles. The van der Waals surface area contributed by atoms with E-state index in [-0.39, 0.29) is 16.7 Å². The number of hydrogen-bond donors (Lipinski definition) is 1. The zero-order valence-electron chi connectivity index (χ0n) is 14.3. The highest BCUT2D eigenvalue weighted by Crippen LogP contribution is 2.16. The third kappa shape index (κ3) is 4.55. The van der Waals surface area contributed by atoms with Crippen LogP contribution in [0.25, 0.3) is 0 Å². The topological polar surface area (TPSA) is 101 Å². The largest absolute Gasteiger partial charge is 0.335 e. The molecule has 0 atom stereocenters. The van der Waals surface area contributed by atoms with E-state index in [2.05, 4.69) is 15.9 Å². The van der Waals surface area contributed by atoms with Crippen molar-refractivity contribution < 1.29 is 18.0 Å². The Kier molecular flexibility index (Phi) is 5.64. The van der Waals surface area contributed by atoms with Gasteiger partial charge in [0.2, 0.25) is 10.0 Å². The SMILES string of the molecule is NS(=O)(=O)c1ccc(C(=O)N2CCN(C(=O)c3ccc(Br)cc3)CC2)cc1. The first-order chi connectivity index (χ1) is 12.8. The maximum Gasteiger partial charge on any atom is 0.253 e. The lowest BCUT2D eigenvalue weighted by atomic mass is 10.1. The van der Waals surface area contributed by atoms with Crippen molar-refractivity contribution in [1.29, 1.82) is 0 Å². The van der Waals surface area contributed by atoms with Gasteiger partial charge in [-0.15, -0.1) is 0 Å². The summed E-state index contributed by atoms with van der Waals surface area (Å²) in [5.74, 6) is -0.265. The molecule has 1 heterocycles. The Balaban J connectivity index is 1.62. The summed E-state index contributed by atoms with van der Waals surface area (Å²) in [6, 6.07) is 12.7. The summed E-state index contributed by atoms with van der Waals surface area (Å²) in [6.45, 7) is 1.71. The normalized spacial score (nSPS) is 14.9. The summed E-state index contributed by atoms with van der Waals surface area (Å²) >= 11 is 3.34. The number of benzene rings is 2. The Bertz CT molecular complexity index is 951. The number of primary sulfonamides is 1. The van der Waals surface area contributed by atoms with Crippen LogP contribution in [0.5, 0.6) is 0 Å². The van der Waals surface area contributed by atoms with Gasteiger partial charge in [-0.1, -0.05) is 15.9 Å². The molecule has 0 unspecified atom stereocenters. The second-order valence-electron chi connectivity index (χ2n) is 6.16. The number of sulfonamides is 1. The van der Waals surface area contributed by atoms with Crippen molar-refractivity contribution in [3.8, 4) is 0 Å². The average Bonchev–Trinajstić information content (AvgIpc) is 2.67. The van der Waals surface area contributed by atoms with Gasteiger partial charge in [-0.2, -0.15) is 0 Å². The van der Waals surface area contributed by atoms with E-state index >= 15 is 0 Å². The van der Waals surface area contributed by atoms with Crippen LogP contribution < -0.4 is 5.14 Å². The predicted molar refractivity (Wildman–Crippen MR) is 104 cm³/mol. The van der Waals surface area contributed by atoms with Crippen molar-refractivity contribution in [3.05, 3.63) is 64.1 Å². The van der Waals surface area contributed by atoms with E-state index in [1.54, 1.807) is 21.9 Å². The molecule has 0 spiro atoms. The van der Waals surface area contributed by atoms with Crippen molar-refractivity contribution in [1.82, 2.24) is 9.80 Å². The fourth-order valence-electron chi connectivity index (χ4n) is 2.86. The van der Waals surface area contributed by atoms with Gasteiger partial charge in [0, 0.05) is 41.8 Å². The van der Waals surface area contributed by atoms with Gasteiger partial charge in [-0.25, -0.2) is 13.6 Å². The van der Waals surface area contributed by atoms with Gasteiger partial charge >= 0.3 is 0 Å². The number of amides is 2. The molecule has 2 aromatic carbocycles. The number of halogens is 1. The lowest BCUT2D eigenvalue weighted by Crippen LogP contribution is -2.50. The number of carbonyl (C=O) groups is 2. The first-order valence-corrected chi connectivity index (χ1v) is 10.6. The van der Waals surface area contributed by atoms with E-state index in [1.165, 1.54) is 24.3 Å². The molecule has 0 aromatic heterocycles. The lowest BCUT2D eigenvalue weighted by molar-refractivity contribution is 0.0535. The van der Waals surface area contributed by atoms with Crippen molar-refractivity contribution in [3.63, 3.8) is 0 Å². The summed E-state index contributed by atoms with van der Waals surface area (Å²) in [4.78, 5) is 28.4. The summed E-state index contributed by atoms with van der Waals surface area (Å²) in [6.07, 6.45) is 0. The van der Waals surface area contributed by atoms with Gasteiger partial charge in [0.25, 0.3) is 11.8 Å². The smallest absolute Gasteiger partial charge is 0.253 e. The van der Waals surface area contributed by atoms with Crippen LogP contribution in [-0.4, -0.2) is 56.2 Å². The molecule has 1 aliphatic heterocycles. The molecule has 9 heteroatoms. The van der Waals surface area contributed by atoms with E-state index in [4.69, 9.17) is 5.14 Å². The van der Waals surface area contributed by atoms with E-state index in [9.17, 15) is 18.0 Å².